The van der Waals surface area contributed by atoms with Crippen molar-refractivity contribution in [2.24, 2.45) is 0 Å². The van der Waals surface area contributed by atoms with Crippen molar-refractivity contribution >= 4 is 11.8 Å². The molecule has 1 rings (SSSR count). The Labute approximate surface area is 103 Å². The Morgan fingerprint density at radius 3 is 2.41 bits per heavy atom. The van der Waals surface area contributed by atoms with Gasteiger partial charge in [0.2, 0.25) is 0 Å². The number of hydrogen-bond donors (Lipinski definition) is 1. The molecule has 0 spiro atoms. The lowest BCUT2D eigenvalue weighted by molar-refractivity contribution is -0.138. The fraction of sp³-hybridized carbons (Fsp3) is 0.500. The highest BCUT2D eigenvalue weighted by atomic mass is 32.2. The van der Waals surface area contributed by atoms with Gasteiger partial charge in [-0.1, -0.05) is 13.0 Å². The third-order valence-electron chi connectivity index (χ3n) is 2.47. The first-order chi connectivity index (χ1) is 7.91. The maximum Gasteiger partial charge on any atom is 0.416 e. The van der Waals surface area contributed by atoms with Gasteiger partial charge >= 0.3 is 6.18 Å². The van der Waals surface area contributed by atoms with Gasteiger partial charge < -0.3 is 5.11 Å². The summed E-state index contributed by atoms with van der Waals surface area (Å²) in [6.07, 6.45) is -4.33. The summed E-state index contributed by atoms with van der Waals surface area (Å²) in [6, 6.07) is 3.16. The summed E-state index contributed by atoms with van der Waals surface area (Å²) < 4.78 is 38.9. The van der Waals surface area contributed by atoms with E-state index in [9.17, 15) is 13.2 Å². The normalized spacial score (nSPS) is 11.9. The largest absolute Gasteiger partial charge is 0.416 e. The van der Waals surface area contributed by atoms with Crippen LogP contribution in [0.5, 0.6) is 0 Å². The van der Waals surface area contributed by atoms with E-state index in [0.717, 1.165) is 5.75 Å². The molecule has 0 radical (unpaired) electrons. The summed E-state index contributed by atoms with van der Waals surface area (Å²) >= 11 is 1.40. The second-order valence-corrected chi connectivity index (χ2v) is 4.93. The highest BCUT2D eigenvalue weighted by Gasteiger charge is 2.35. The van der Waals surface area contributed by atoms with Crippen LogP contribution in [0.25, 0.3) is 0 Å². The summed E-state index contributed by atoms with van der Waals surface area (Å²) in [5.41, 5.74) is -0.168. The quantitative estimate of drug-likeness (QED) is 0.837. The van der Waals surface area contributed by atoms with Gasteiger partial charge in [-0.2, -0.15) is 13.2 Å². The lowest BCUT2D eigenvalue weighted by atomic mass is 9.99. The molecule has 0 heterocycles. The van der Waals surface area contributed by atoms with Gasteiger partial charge in [0.25, 0.3) is 0 Å². The Morgan fingerprint density at radius 1 is 1.29 bits per heavy atom. The van der Waals surface area contributed by atoms with E-state index in [0.29, 0.717) is 4.90 Å². The second-order valence-electron chi connectivity index (χ2n) is 3.63. The minimum absolute atomic E-state index is 0.0345. The lowest BCUT2D eigenvalue weighted by Crippen LogP contribution is -2.13. The zero-order valence-corrected chi connectivity index (χ0v) is 10.6. The Balaban J connectivity index is 3.31. The van der Waals surface area contributed by atoms with Gasteiger partial charge in [-0.25, -0.2) is 0 Å². The average Bonchev–Trinajstić information content (AvgIpc) is 2.21. The van der Waals surface area contributed by atoms with Crippen LogP contribution in [0.4, 0.5) is 13.2 Å². The third-order valence-corrected chi connectivity index (χ3v) is 3.51. The van der Waals surface area contributed by atoms with E-state index in [1.165, 1.54) is 24.8 Å². The summed E-state index contributed by atoms with van der Waals surface area (Å²) in [7, 11) is 0. The predicted octanol–water partition coefficient (Wildman–Crippen LogP) is 3.66. The molecule has 1 N–H and O–H groups in total. The molecule has 0 bridgehead atoms. The van der Waals surface area contributed by atoms with Crippen LogP contribution >= 0.6 is 11.8 Å². The van der Waals surface area contributed by atoms with Crippen LogP contribution in [0.3, 0.4) is 0 Å². The molecule has 0 aliphatic carbocycles. The Bertz CT molecular complexity index is 388. The van der Waals surface area contributed by atoms with Gasteiger partial charge in [0.05, 0.1) is 5.56 Å². The van der Waals surface area contributed by atoms with Crippen molar-refractivity contribution in [1.82, 2.24) is 0 Å². The Hall–Kier alpha value is -0.680. The van der Waals surface area contributed by atoms with Crippen LogP contribution in [0, 0.1) is 6.92 Å². The van der Waals surface area contributed by atoms with Gasteiger partial charge in [0.15, 0.2) is 0 Å². The van der Waals surface area contributed by atoms with Crippen LogP contribution in [-0.4, -0.2) is 17.5 Å². The molecule has 1 aromatic rings. The fourth-order valence-electron chi connectivity index (χ4n) is 1.78. The van der Waals surface area contributed by atoms with Gasteiger partial charge in [-0.15, -0.1) is 11.8 Å². The minimum Gasteiger partial charge on any atom is -0.396 e. The van der Waals surface area contributed by atoms with Gasteiger partial charge in [0.1, 0.15) is 0 Å². The van der Waals surface area contributed by atoms with E-state index < -0.39 is 11.7 Å². The SMILES string of the molecule is CCSc1ccc(CCO)c(C(F)(F)F)c1C. The zero-order chi connectivity index (χ0) is 13.1. The van der Waals surface area contributed by atoms with Crippen LogP contribution in [-0.2, 0) is 12.6 Å². The van der Waals surface area contributed by atoms with E-state index in [1.807, 2.05) is 6.92 Å². The lowest BCUT2D eigenvalue weighted by Gasteiger charge is -2.17. The van der Waals surface area contributed by atoms with Crippen LogP contribution in [0.2, 0.25) is 0 Å². The highest BCUT2D eigenvalue weighted by molar-refractivity contribution is 7.99. The maximum absolute atomic E-state index is 13.0. The number of hydrogen-bond acceptors (Lipinski definition) is 2. The zero-order valence-electron chi connectivity index (χ0n) is 9.77. The summed E-state index contributed by atoms with van der Waals surface area (Å²) in [6.45, 7) is 3.11. The van der Waals surface area contributed by atoms with Gasteiger partial charge in [-0.3, -0.25) is 0 Å². The molecule has 0 aliphatic heterocycles. The number of thioether (sulfide) groups is 1. The molecule has 1 nitrogen and oxygen atoms in total. The first-order valence-corrected chi connectivity index (χ1v) is 6.33. The smallest absolute Gasteiger partial charge is 0.396 e. The van der Waals surface area contributed by atoms with E-state index >= 15 is 0 Å². The van der Waals surface area contributed by atoms with Crippen molar-refractivity contribution in [1.29, 1.82) is 0 Å². The first kappa shape index (κ1) is 14.4. The van der Waals surface area contributed by atoms with E-state index in [4.69, 9.17) is 5.11 Å². The fourth-order valence-corrected chi connectivity index (χ4v) is 2.58. The molecular formula is C12H15F3OS. The number of aliphatic hydroxyl groups is 1. The summed E-state index contributed by atoms with van der Waals surface area (Å²) in [5, 5.41) is 8.80. The van der Waals surface area contributed by atoms with Gasteiger partial charge in [0, 0.05) is 11.5 Å². The number of rotatable bonds is 4. The second kappa shape index (κ2) is 5.78. The van der Waals surface area contributed by atoms with Gasteiger partial charge in [-0.05, 0) is 36.3 Å². The minimum atomic E-state index is -4.36. The molecule has 0 saturated carbocycles. The monoisotopic (exact) mass is 264 g/mol. The molecule has 0 atom stereocenters. The molecule has 1 aromatic carbocycles. The summed E-state index contributed by atoms with van der Waals surface area (Å²) in [4.78, 5) is 0.654. The van der Waals surface area contributed by atoms with Crippen LogP contribution in [0.1, 0.15) is 23.6 Å². The van der Waals surface area contributed by atoms with Crippen molar-refractivity contribution in [2.45, 2.75) is 31.3 Å². The van der Waals surface area contributed by atoms with E-state index in [-0.39, 0.29) is 24.2 Å². The van der Waals surface area contributed by atoms with Crippen molar-refractivity contribution in [3.8, 4) is 0 Å². The van der Waals surface area contributed by atoms with Crippen molar-refractivity contribution in [2.75, 3.05) is 12.4 Å². The average molecular weight is 264 g/mol. The predicted molar refractivity (Wildman–Crippen MR) is 63.4 cm³/mol. The number of alkyl halides is 3. The Kier molecular flexibility index (Phi) is 4.89. The van der Waals surface area contributed by atoms with Crippen molar-refractivity contribution < 1.29 is 18.3 Å². The highest BCUT2D eigenvalue weighted by Crippen LogP contribution is 2.38. The molecule has 0 amide bonds. The molecule has 0 aromatic heterocycles. The van der Waals surface area contributed by atoms with Crippen molar-refractivity contribution in [3.63, 3.8) is 0 Å². The number of aliphatic hydroxyl groups excluding tert-OH is 1. The molecule has 0 aliphatic rings. The molecule has 0 saturated heterocycles. The maximum atomic E-state index is 13.0. The molecule has 0 unspecified atom stereocenters. The molecule has 5 heteroatoms. The summed E-state index contributed by atoms with van der Waals surface area (Å²) in [5.74, 6) is 0.734. The van der Waals surface area contributed by atoms with Crippen LogP contribution in [0.15, 0.2) is 17.0 Å². The first-order valence-electron chi connectivity index (χ1n) is 5.35. The van der Waals surface area contributed by atoms with E-state index in [2.05, 4.69) is 0 Å². The van der Waals surface area contributed by atoms with Crippen molar-refractivity contribution in [3.05, 3.63) is 28.8 Å². The molecule has 17 heavy (non-hydrogen) atoms. The van der Waals surface area contributed by atoms with E-state index in [1.54, 1.807) is 6.07 Å². The topological polar surface area (TPSA) is 20.2 Å². The number of benzene rings is 1. The molecule has 96 valence electrons. The molecular weight excluding hydrogens is 249 g/mol. The third kappa shape index (κ3) is 3.39. The standard InChI is InChI=1S/C12H15F3OS/c1-3-17-10-5-4-9(6-7-16)11(8(10)2)12(13,14)15/h4-5,16H,3,6-7H2,1-2H3. The Morgan fingerprint density at radius 2 is 1.94 bits per heavy atom. The van der Waals surface area contributed by atoms with Crippen LogP contribution < -0.4 is 0 Å². The molecule has 0 fully saturated rings. The number of halogens is 3.